The fourth-order valence-electron chi connectivity index (χ4n) is 4.96. The van der Waals surface area contributed by atoms with Gasteiger partial charge in [-0.25, -0.2) is 0 Å². The Labute approximate surface area is 229 Å². The second-order valence-corrected chi connectivity index (χ2v) is 9.64. The summed E-state index contributed by atoms with van der Waals surface area (Å²) in [5.74, 6) is 0.0191. The van der Waals surface area contributed by atoms with Gasteiger partial charge in [-0.3, -0.25) is 14.5 Å². The molecule has 2 aromatic rings. The summed E-state index contributed by atoms with van der Waals surface area (Å²) in [7, 11) is 3.09. The molecule has 2 heterocycles. The van der Waals surface area contributed by atoms with Gasteiger partial charge in [0, 0.05) is 31.7 Å². The number of ether oxygens (including phenoxy) is 4. The molecule has 0 radical (unpaired) electrons. The van der Waals surface area contributed by atoms with Crippen molar-refractivity contribution >= 4 is 17.4 Å². The number of Topliss-reactive ketones (excluding diaryl/α,β-unsaturated/α-hetero) is 1. The summed E-state index contributed by atoms with van der Waals surface area (Å²) in [5.41, 5.74) is 1.08. The van der Waals surface area contributed by atoms with Crippen molar-refractivity contribution in [1.82, 2.24) is 9.80 Å². The highest BCUT2D eigenvalue weighted by atomic mass is 16.5. The fourth-order valence-corrected chi connectivity index (χ4v) is 4.96. The minimum atomic E-state index is -0.791. The molecule has 39 heavy (non-hydrogen) atoms. The molecule has 1 N–H and O–H groups in total. The molecular weight excluding hydrogens is 500 g/mol. The maximum atomic E-state index is 13.4. The summed E-state index contributed by atoms with van der Waals surface area (Å²) in [6.45, 7) is 6.40. The molecule has 0 spiro atoms. The molecule has 2 saturated heterocycles. The van der Waals surface area contributed by atoms with Crippen LogP contribution in [0.25, 0.3) is 5.76 Å². The van der Waals surface area contributed by atoms with E-state index in [0.29, 0.717) is 61.3 Å². The number of amides is 1. The third-order valence-electron chi connectivity index (χ3n) is 7.15. The minimum absolute atomic E-state index is 0.0360. The van der Waals surface area contributed by atoms with Crippen LogP contribution in [0.3, 0.4) is 0 Å². The van der Waals surface area contributed by atoms with E-state index in [0.717, 1.165) is 32.4 Å². The van der Waals surface area contributed by atoms with E-state index < -0.39 is 17.7 Å². The molecule has 1 atom stereocenters. The molecule has 0 aromatic heterocycles. The molecule has 2 fully saturated rings. The van der Waals surface area contributed by atoms with E-state index in [1.54, 1.807) is 48.4 Å². The third-order valence-corrected chi connectivity index (χ3v) is 7.15. The first-order valence-corrected chi connectivity index (χ1v) is 13.5. The molecule has 9 heteroatoms. The normalized spacial score (nSPS) is 19.4. The van der Waals surface area contributed by atoms with E-state index in [1.807, 2.05) is 6.07 Å². The zero-order valence-corrected chi connectivity index (χ0v) is 23.0. The molecule has 2 aromatic carbocycles. The SMILES string of the molecule is CCCCCOc1ccc(C2/C(=C(\O)c3cccc(OC)c3)C(=O)C(=O)N2CCN2CCOCC2)cc1OC. The summed E-state index contributed by atoms with van der Waals surface area (Å²) < 4.78 is 22.3. The lowest BCUT2D eigenvalue weighted by Crippen LogP contribution is -2.42. The number of unbranched alkanes of at least 4 members (excludes halogenated alkanes) is 2. The summed E-state index contributed by atoms with van der Waals surface area (Å²) >= 11 is 0. The molecular formula is C30H38N2O7. The van der Waals surface area contributed by atoms with Gasteiger partial charge < -0.3 is 29.0 Å². The topological polar surface area (TPSA) is 97.8 Å². The van der Waals surface area contributed by atoms with Crippen molar-refractivity contribution < 1.29 is 33.6 Å². The number of ketones is 1. The minimum Gasteiger partial charge on any atom is -0.507 e. The summed E-state index contributed by atoms with van der Waals surface area (Å²) in [4.78, 5) is 30.5. The highest BCUT2D eigenvalue weighted by Crippen LogP contribution is 2.42. The standard InChI is InChI=1S/C30H38N2O7/c1-4-5-6-16-39-24-11-10-21(20-25(24)37-3)27-26(28(33)22-8-7-9-23(19-22)36-2)29(34)30(35)32(27)13-12-31-14-17-38-18-15-31/h7-11,19-20,27,33H,4-6,12-18H2,1-3H3/b28-26+. The van der Waals surface area contributed by atoms with Crippen LogP contribution >= 0.6 is 0 Å². The van der Waals surface area contributed by atoms with Gasteiger partial charge in [0.2, 0.25) is 0 Å². The number of morpholine rings is 1. The maximum Gasteiger partial charge on any atom is 0.295 e. The van der Waals surface area contributed by atoms with E-state index in [9.17, 15) is 14.7 Å². The first kappa shape index (κ1) is 28.4. The summed E-state index contributed by atoms with van der Waals surface area (Å²) in [5, 5.41) is 11.4. The Balaban J connectivity index is 1.72. The average molecular weight is 539 g/mol. The lowest BCUT2D eigenvalue weighted by Gasteiger charge is -2.31. The van der Waals surface area contributed by atoms with E-state index in [2.05, 4.69) is 11.8 Å². The molecule has 0 saturated carbocycles. The zero-order chi connectivity index (χ0) is 27.8. The van der Waals surface area contributed by atoms with Gasteiger partial charge in [-0.05, 0) is 36.2 Å². The van der Waals surface area contributed by atoms with E-state index >= 15 is 0 Å². The molecule has 4 rings (SSSR count). The first-order valence-electron chi connectivity index (χ1n) is 13.5. The lowest BCUT2D eigenvalue weighted by molar-refractivity contribution is -0.140. The van der Waals surface area contributed by atoms with Crippen LogP contribution < -0.4 is 14.2 Å². The van der Waals surface area contributed by atoms with Crippen molar-refractivity contribution in [1.29, 1.82) is 0 Å². The number of carbonyl (C=O) groups is 2. The Morgan fingerprint density at radius 2 is 1.79 bits per heavy atom. The monoisotopic (exact) mass is 538 g/mol. The number of aliphatic hydroxyl groups excluding tert-OH is 1. The summed E-state index contributed by atoms with van der Waals surface area (Å²) in [6.07, 6.45) is 3.10. The van der Waals surface area contributed by atoms with Crippen LogP contribution in [0.2, 0.25) is 0 Å². The predicted octanol–water partition coefficient (Wildman–Crippen LogP) is 4.03. The Hall–Kier alpha value is -3.56. The lowest BCUT2D eigenvalue weighted by atomic mass is 9.95. The van der Waals surface area contributed by atoms with Gasteiger partial charge in [0.15, 0.2) is 11.5 Å². The quantitative estimate of drug-likeness (QED) is 0.187. The number of nitrogens with zero attached hydrogens (tertiary/aromatic N) is 2. The van der Waals surface area contributed by atoms with Crippen molar-refractivity contribution in [3.63, 3.8) is 0 Å². The molecule has 210 valence electrons. The van der Waals surface area contributed by atoms with Gasteiger partial charge in [0.05, 0.1) is 45.7 Å². The van der Waals surface area contributed by atoms with Crippen LogP contribution in [0, 0.1) is 0 Å². The van der Waals surface area contributed by atoms with Gasteiger partial charge in [-0.2, -0.15) is 0 Å². The van der Waals surface area contributed by atoms with Crippen molar-refractivity contribution in [3.8, 4) is 17.2 Å². The van der Waals surface area contributed by atoms with Gasteiger partial charge >= 0.3 is 0 Å². The highest BCUT2D eigenvalue weighted by Gasteiger charge is 2.46. The number of aliphatic hydroxyl groups is 1. The van der Waals surface area contributed by atoms with Gasteiger partial charge in [-0.15, -0.1) is 0 Å². The van der Waals surface area contributed by atoms with Crippen molar-refractivity contribution in [2.24, 2.45) is 0 Å². The number of hydrogen-bond acceptors (Lipinski definition) is 8. The van der Waals surface area contributed by atoms with Gasteiger partial charge in [-0.1, -0.05) is 38.0 Å². The maximum absolute atomic E-state index is 13.4. The third kappa shape index (κ3) is 6.54. The largest absolute Gasteiger partial charge is 0.507 e. The second-order valence-electron chi connectivity index (χ2n) is 9.64. The van der Waals surface area contributed by atoms with E-state index in [4.69, 9.17) is 18.9 Å². The van der Waals surface area contributed by atoms with Crippen LogP contribution in [0.4, 0.5) is 0 Å². The molecule has 0 aliphatic carbocycles. The number of carbonyl (C=O) groups excluding carboxylic acids is 2. The van der Waals surface area contributed by atoms with Crippen LogP contribution in [-0.4, -0.2) is 86.8 Å². The number of benzene rings is 2. The van der Waals surface area contributed by atoms with E-state index in [-0.39, 0.29) is 11.3 Å². The van der Waals surface area contributed by atoms with Crippen LogP contribution in [-0.2, 0) is 14.3 Å². The Bertz CT molecular complexity index is 1190. The molecule has 2 aliphatic heterocycles. The average Bonchev–Trinajstić information content (AvgIpc) is 3.23. The van der Waals surface area contributed by atoms with E-state index in [1.165, 1.54) is 7.11 Å². The van der Waals surface area contributed by atoms with Gasteiger partial charge in [0.1, 0.15) is 11.5 Å². The van der Waals surface area contributed by atoms with Crippen LogP contribution in [0.1, 0.15) is 43.4 Å². The zero-order valence-electron chi connectivity index (χ0n) is 23.0. The number of methoxy groups -OCH3 is 2. The second kappa shape index (κ2) is 13.5. The van der Waals surface area contributed by atoms with Crippen LogP contribution in [0.5, 0.6) is 17.2 Å². The Morgan fingerprint density at radius 1 is 1.00 bits per heavy atom. The molecule has 2 aliphatic rings. The Kier molecular flexibility index (Phi) is 9.84. The Morgan fingerprint density at radius 3 is 2.51 bits per heavy atom. The molecule has 1 amide bonds. The molecule has 1 unspecified atom stereocenters. The summed E-state index contributed by atoms with van der Waals surface area (Å²) in [6, 6.07) is 11.4. The number of hydrogen-bond donors (Lipinski definition) is 1. The smallest absolute Gasteiger partial charge is 0.295 e. The number of likely N-dealkylation sites (tertiary alicyclic amines) is 1. The van der Waals surface area contributed by atoms with Crippen molar-refractivity contribution in [3.05, 3.63) is 59.2 Å². The predicted molar refractivity (Wildman–Crippen MR) is 147 cm³/mol. The fraction of sp³-hybridized carbons (Fsp3) is 0.467. The molecule has 0 bridgehead atoms. The highest BCUT2D eigenvalue weighted by molar-refractivity contribution is 6.46. The molecule has 9 nitrogen and oxygen atoms in total. The van der Waals surface area contributed by atoms with Crippen molar-refractivity contribution in [2.45, 2.75) is 32.2 Å². The van der Waals surface area contributed by atoms with Crippen molar-refractivity contribution in [2.75, 3.05) is 60.2 Å². The van der Waals surface area contributed by atoms with Gasteiger partial charge in [0.25, 0.3) is 11.7 Å². The van der Waals surface area contributed by atoms with Crippen LogP contribution in [0.15, 0.2) is 48.0 Å². The first-order chi connectivity index (χ1) is 19.0. The number of rotatable bonds is 12.